The van der Waals surface area contributed by atoms with E-state index >= 15 is 0 Å². The highest BCUT2D eigenvalue weighted by Crippen LogP contribution is 2.19. The summed E-state index contributed by atoms with van der Waals surface area (Å²) in [6.07, 6.45) is 3.04. The number of carbonyl (C=O) groups is 1. The number of nitrogens with zero attached hydrogens (tertiary/aromatic N) is 2. The van der Waals surface area contributed by atoms with Crippen molar-refractivity contribution in [3.8, 4) is 5.88 Å². The van der Waals surface area contributed by atoms with E-state index in [-0.39, 0.29) is 12.6 Å². The van der Waals surface area contributed by atoms with Crippen LogP contribution in [0.5, 0.6) is 5.88 Å². The minimum Gasteiger partial charge on any atom is -0.481 e. The maximum atomic E-state index is 11.0. The predicted molar refractivity (Wildman–Crippen MR) is 62.6 cm³/mol. The molecule has 0 spiro atoms. The Hall–Kier alpha value is -1.89. The van der Waals surface area contributed by atoms with Gasteiger partial charge in [-0.15, -0.1) is 0 Å². The van der Waals surface area contributed by atoms with Gasteiger partial charge in [0.05, 0.1) is 38.3 Å². The second-order valence-electron chi connectivity index (χ2n) is 3.91. The molecule has 98 valence electrons. The molecule has 1 aromatic heterocycles. The Balaban J connectivity index is 2.04. The van der Waals surface area contributed by atoms with E-state index in [2.05, 4.69) is 15.3 Å². The number of hydrogen-bond donors (Lipinski definition) is 2. The molecule has 2 unspecified atom stereocenters. The monoisotopic (exact) mass is 253 g/mol. The van der Waals surface area contributed by atoms with Crippen molar-refractivity contribution in [2.75, 3.05) is 25.1 Å². The summed E-state index contributed by atoms with van der Waals surface area (Å²) >= 11 is 0. The van der Waals surface area contributed by atoms with Gasteiger partial charge in [-0.2, -0.15) is 4.98 Å². The third-order valence-electron chi connectivity index (χ3n) is 2.64. The lowest BCUT2D eigenvalue weighted by molar-refractivity contribution is -0.141. The molecule has 2 heterocycles. The van der Waals surface area contributed by atoms with E-state index in [1.54, 1.807) is 0 Å². The molecule has 0 aliphatic carbocycles. The maximum absolute atomic E-state index is 11.0. The molecule has 2 rings (SSSR count). The van der Waals surface area contributed by atoms with Crippen LogP contribution in [-0.2, 0) is 9.53 Å². The van der Waals surface area contributed by atoms with Gasteiger partial charge in [0.1, 0.15) is 11.7 Å². The first-order chi connectivity index (χ1) is 8.70. The Bertz CT molecular complexity index is 427. The quantitative estimate of drug-likeness (QED) is 0.783. The third-order valence-corrected chi connectivity index (χ3v) is 2.64. The van der Waals surface area contributed by atoms with Crippen LogP contribution in [0.15, 0.2) is 12.4 Å². The van der Waals surface area contributed by atoms with Crippen molar-refractivity contribution in [1.29, 1.82) is 0 Å². The van der Waals surface area contributed by atoms with Crippen molar-refractivity contribution >= 4 is 11.8 Å². The molecule has 1 aromatic rings. The number of aromatic nitrogens is 2. The predicted octanol–water partition coefficient (Wildman–Crippen LogP) is 0.387. The molecule has 0 aromatic carbocycles. The van der Waals surface area contributed by atoms with Crippen LogP contribution < -0.4 is 10.1 Å². The van der Waals surface area contributed by atoms with Crippen molar-refractivity contribution < 1.29 is 19.4 Å². The zero-order chi connectivity index (χ0) is 13.0. The van der Waals surface area contributed by atoms with E-state index in [0.29, 0.717) is 24.9 Å². The van der Waals surface area contributed by atoms with E-state index in [1.807, 2.05) is 6.92 Å². The zero-order valence-electron chi connectivity index (χ0n) is 10.00. The van der Waals surface area contributed by atoms with E-state index in [4.69, 9.17) is 14.6 Å². The van der Waals surface area contributed by atoms with Gasteiger partial charge in [-0.05, 0) is 6.92 Å². The summed E-state index contributed by atoms with van der Waals surface area (Å²) < 4.78 is 10.4. The number of anilines is 1. The SMILES string of the molecule is CCOc1cncc(NC2COCC2C(=O)O)n1. The molecule has 7 nitrogen and oxygen atoms in total. The maximum Gasteiger partial charge on any atom is 0.311 e. The van der Waals surface area contributed by atoms with Crippen LogP contribution in [0.1, 0.15) is 6.92 Å². The lowest BCUT2D eigenvalue weighted by Gasteiger charge is -2.16. The van der Waals surface area contributed by atoms with Crippen molar-refractivity contribution in [3.05, 3.63) is 12.4 Å². The largest absolute Gasteiger partial charge is 0.481 e. The van der Waals surface area contributed by atoms with Crippen molar-refractivity contribution in [3.63, 3.8) is 0 Å². The summed E-state index contributed by atoms with van der Waals surface area (Å²) in [4.78, 5) is 19.1. The normalized spacial score (nSPS) is 22.7. The van der Waals surface area contributed by atoms with Crippen LogP contribution in [0, 0.1) is 5.92 Å². The molecular formula is C11H15N3O4. The second-order valence-corrected chi connectivity index (χ2v) is 3.91. The fraction of sp³-hybridized carbons (Fsp3) is 0.545. The van der Waals surface area contributed by atoms with Crippen LogP contribution >= 0.6 is 0 Å². The standard InChI is InChI=1S/C11H15N3O4/c1-2-18-10-4-12-3-9(14-10)13-8-6-17-5-7(8)11(15)16/h3-4,7-8H,2,5-6H2,1H3,(H,13,14)(H,15,16). The highest BCUT2D eigenvalue weighted by atomic mass is 16.5. The highest BCUT2D eigenvalue weighted by molar-refractivity contribution is 5.72. The van der Waals surface area contributed by atoms with Crippen LogP contribution in [0.4, 0.5) is 5.82 Å². The third kappa shape index (κ3) is 2.86. The van der Waals surface area contributed by atoms with Crippen molar-refractivity contribution in [2.24, 2.45) is 5.92 Å². The molecule has 7 heteroatoms. The Morgan fingerprint density at radius 3 is 3.17 bits per heavy atom. The molecule has 0 amide bonds. The summed E-state index contributed by atoms with van der Waals surface area (Å²) in [6, 6.07) is -0.298. The number of aliphatic carboxylic acids is 1. The Morgan fingerprint density at radius 1 is 1.61 bits per heavy atom. The molecule has 1 fully saturated rings. The smallest absolute Gasteiger partial charge is 0.311 e. The zero-order valence-corrected chi connectivity index (χ0v) is 10.00. The number of ether oxygens (including phenoxy) is 2. The van der Waals surface area contributed by atoms with Gasteiger partial charge >= 0.3 is 5.97 Å². The lowest BCUT2D eigenvalue weighted by atomic mass is 10.0. The first-order valence-electron chi connectivity index (χ1n) is 5.72. The van der Waals surface area contributed by atoms with Crippen LogP contribution in [0.2, 0.25) is 0 Å². The van der Waals surface area contributed by atoms with Crippen LogP contribution in [0.3, 0.4) is 0 Å². The number of carboxylic acid groups (broad SMARTS) is 1. The lowest BCUT2D eigenvalue weighted by Crippen LogP contribution is -2.33. The molecule has 1 aliphatic rings. The van der Waals surface area contributed by atoms with Gasteiger partial charge in [-0.25, -0.2) is 0 Å². The fourth-order valence-corrected chi connectivity index (χ4v) is 1.76. The summed E-state index contributed by atoms with van der Waals surface area (Å²) in [5.41, 5.74) is 0. The van der Waals surface area contributed by atoms with E-state index in [9.17, 15) is 4.79 Å². The van der Waals surface area contributed by atoms with Crippen molar-refractivity contribution in [1.82, 2.24) is 9.97 Å². The summed E-state index contributed by atoms with van der Waals surface area (Å²) in [5.74, 6) is -0.544. The van der Waals surface area contributed by atoms with Gasteiger partial charge < -0.3 is 19.9 Å². The van der Waals surface area contributed by atoms with Gasteiger partial charge in [-0.3, -0.25) is 9.78 Å². The Morgan fingerprint density at radius 2 is 2.44 bits per heavy atom. The summed E-state index contributed by atoms with van der Waals surface area (Å²) in [7, 11) is 0. The number of nitrogens with one attached hydrogen (secondary N) is 1. The Labute approximate surface area is 104 Å². The molecule has 0 bridgehead atoms. The van der Waals surface area contributed by atoms with E-state index in [1.165, 1.54) is 12.4 Å². The minimum atomic E-state index is -0.876. The van der Waals surface area contributed by atoms with Crippen LogP contribution in [0.25, 0.3) is 0 Å². The number of hydrogen-bond acceptors (Lipinski definition) is 6. The fourth-order valence-electron chi connectivity index (χ4n) is 1.76. The number of carboxylic acids is 1. The number of rotatable bonds is 5. The molecule has 18 heavy (non-hydrogen) atoms. The first-order valence-corrected chi connectivity index (χ1v) is 5.72. The van der Waals surface area contributed by atoms with E-state index in [0.717, 1.165) is 0 Å². The molecule has 2 N–H and O–H groups in total. The topological polar surface area (TPSA) is 93.6 Å². The van der Waals surface area contributed by atoms with Gasteiger partial charge in [0, 0.05) is 0 Å². The second kappa shape index (κ2) is 5.63. The minimum absolute atomic E-state index is 0.214. The molecule has 0 radical (unpaired) electrons. The van der Waals surface area contributed by atoms with Gasteiger partial charge in [0.15, 0.2) is 0 Å². The van der Waals surface area contributed by atoms with Gasteiger partial charge in [-0.1, -0.05) is 0 Å². The Kier molecular flexibility index (Phi) is 3.93. The molecule has 0 saturated carbocycles. The molecule has 2 atom stereocenters. The van der Waals surface area contributed by atoms with Gasteiger partial charge in [0.2, 0.25) is 5.88 Å². The van der Waals surface area contributed by atoms with Gasteiger partial charge in [0.25, 0.3) is 0 Å². The average molecular weight is 253 g/mol. The van der Waals surface area contributed by atoms with Crippen molar-refractivity contribution in [2.45, 2.75) is 13.0 Å². The molecule has 1 aliphatic heterocycles. The molecular weight excluding hydrogens is 238 g/mol. The highest BCUT2D eigenvalue weighted by Gasteiger charge is 2.34. The van der Waals surface area contributed by atoms with Crippen LogP contribution in [-0.4, -0.2) is 46.9 Å². The first kappa shape index (κ1) is 12.6. The van der Waals surface area contributed by atoms with E-state index < -0.39 is 11.9 Å². The summed E-state index contributed by atoms with van der Waals surface area (Å²) in [5, 5.41) is 12.0. The molecule has 1 saturated heterocycles. The average Bonchev–Trinajstić information content (AvgIpc) is 2.78. The summed E-state index contributed by atoms with van der Waals surface area (Å²) in [6.45, 7) is 2.92.